The third-order valence-corrected chi connectivity index (χ3v) is 3.64. The van der Waals surface area contributed by atoms with E-state index in [9.17, 15) is 9.59 Å². The van der Waals surface area contributed by atoms with Crippen molar-refractivity contribution in [2.24, 2.45) is 0 Å². The smallest absolute Gasteiger partial charge is 0.255 e. The highest BCUT2D eigenvalue weighted by Crippen LogP contribution is 2.14. The Morgan fingerprint density at radius 2 is 1.54 bits per heavy atom. The molecule has 0 bridgehead atoms. The highest BCUT2D eigenvalue weighted by atomic mass is 16.2. The summed E-state index contributed by atoms with van der Waals surface area (Å²) in [7, 11) is 1.57. The van der Waals surface area contributed by atoms with Crippen LogP contribution in [0.5, 0.6) is 0 Å². The fourth-order valence-corrected chi connectivity index (χ4v) is 2.38. The molecule has 0 atom stereocenters. The molecule has 24 heavy (non-hydrogen) atoms. The van der Waals surface area contributed by atoms with Gasteiger partial charge in [0.05, 0.1) is 0 Å². The number of amides is 2. The Hall–Kier alpha value is -3.34. The van der Waals surface area contributed by atoms with Gasteiger partial charge in [0.15, 0.2) is 0 Å². The summed E-state index contributed by atoms with van der Waals surface area (Å²) in [5.41, 5.74) is 2.61. The minimum atomic E-state index is -0.219. The van der Waals surface area contributed by atoms with Crippen molar-refractivity contribution in [1.29, 1.82) is 0 Å². The van der Waals surface area contributed by atoms with Gasteiger partial charge >= 0.3 is 0 Å². The van der Waals surface area contributed by atoms with Crippen molar-refractivity contribution in [2.45, 2.75) is 0 Å². The van der Waals surface area contributed by atoms with E-state index in [0.29, 0.717) is 16.8 Å². The maximum absolute atomic E-state index is 12.3. The molecule has 0 spiro atoms. The summed E-state index contributed by atoms with van der Waals surface area (Å²) in [5.74, 6) is -0.412. The minimum absolute atomic E-state index is 0.192. The van der Waals surface area contributed by atoms with Gasteiger partial charge in [-0.2, -0.15) is 0 Å². The lowest BCUT2D eigenvalue weighted by Gasteiger charge is -2.08. The van der Waals surface area contributed by atoms with E-state index < -0.39 is 0 Å². The van der Waals surface area contributed by atoms with Crippen LogP contribution in [0.25, 0.3) is 5.69 Å². The third-order valence-electron chi connectivity index (χ3n) is 3.64. The molecule has 0 aliphatic carbocycles. The number of hydrogen-bond donors (Lipinski definition) is 2. The van der Waals surface area contributed by atoms with Gasteiger partial charge < -0.3 is 15.2 Å². The molecule has 2 aromatic carbocycles. The van der Waals surface area contributed by atoms with Crippen LogP contribution < -0.4 is 10.6 Å². The van der Waals surface area contributed by atoms with E-state index in [1.807, 2.05) is 41.2 Å². The van der Waals surface area contributed by atoms with E-state index in [-0.39, 0.29) is 11.8 Å². The molecule has 5 nitrogen and oxygen atoms in total. The molecular weight excluding hydrogens is 302 g/mol. The SMILES string of the molecule is CNC(=O)c1cccc(NC(=O)c2ccc(-n3cccc3)cc2)c1. The second kappa shape index (κ2) is 6.83. The summed E-state index contributed by atoms with van der Waals surface area (Å²) >= 11 is 0. The fourth-order valence-electron chi connectivity index (χ4n) is 2.38. The van der Waals surface area contributed by atoms with Gasteiger partial charge in [-0.15, -0.1) is 0 Å². The van der Waals surface area contributed by atoms with Crippen molar-refractivity contribution in [1.82, 2.24) is 9.88 Å². The standard InChI is InChI=1S/C19H17N3O2/c1-20-18(23)15-5-4-6-16(13-15)21-19(24)14-7-9-17(10-8-14)22-11-2-3-12-22/h2-13H,1H3,(H,20,23)(H,21,24). The monoisotopic (exact) mass is 319 g/mol. The maximum atomic E-state index is 12.3. The third kappa shape index (κ3) is 3.35. The number of hydrogen-bond acceptors (Lipinski definition) is 2. The van der Waals surface area contributed by atoms with Gasteiger partial charge in [-0.25, -0.2) is 0 Å². The van der Waals surface area contributed by atoms with Crippen LogP contribution in [0.15, 0.2) is 73.1 Å². The molecule has 1 aromatic heterocycles. The number of carbonyl (C=O) groups excluding carboxylic acids is 2. The highest BCUT2D eigenvalue weighted by Gasteiger charge is 2.08. The molecule has 3 aromatic rings. The first-order valence-electron chi connectivity index (χ1n) is 7.54. The predicted molar refractivity (Wildman–Crippen MR) is 93.6 cm³/mol. The van der Waals surface area contributed by atoms with Crippen molar-refractivity contribution in [2.75, 3.05) is 12.4 Å². The highest BCUT2D eigenvalue weighted by molar-refractivity contribution is 6.05. The Kier molecular flexibility index (Phi) is 4.43. The first-order chi connectivity index (χ1) is 11.7. The van der Waals surface area contributed by atoms with E-state index in [1.54, 1.807) is 43.4 Å². The summed E-state index contributed by atoms with van der Waals surface area (Å²) < 4.78 is 1.97. The summed E-state index contributed by atoms with van der Waals surface area (Å²) in [5, 5.41) is 5.37. The maximum Gasteiger partial charge on any atom is 0.255 e. The Balaban J connectivity index is 1.74. The Morgan fingerprint density at radius 3 is 2.21 bits per heavy atom. The molecule has 0 saturated carbocycles. The van der Waals surface area contributed by atoms with Crippen LogP contribution in [0.3, 0.4) is 0 Å². The molecule has 1 heterocycles. The van der Waals surface area contributed by atoms with E-state index in [2.05, 4.69) is 10.6 Å². The number of rotatable bonds is 4. The minimum Gasteiger partial charge on any atom is -0.355 e. The second-order valence-electron chi connectivity index (χ2n) is 5.25. The summed E-state index contributed by atoms with van der Waals surface area (Å²) in [6, 6.07) is 18.0. The Morgan fingerprint density at radius 1 is 0.833 bits per heavy atom. The molecule has 2 N–H and O–H groups in total. The van der Waals surface area contributed by atoms with E-state index in [0.717, 1.165) is 5.69 Å². The molecule has 0 radical (unpaired) electrons. The van der Waals surface area contributed by atoms with Crippen LogP contribution in [-0.2, 0) is 0 Å². The topological polar surface area (TPSA) is 63.1 Å². The van der Waals surface area contributed by atoms with Gasteiger partial charge in [-0.05, 0) is 54.6 Å². The van der Waals surface area contributed by atoms with Gasteiger partial charge in [0, 0.05) is 41.9 Å². The van der Waals surface area contributed by atoms with Gasteiger partial charge in [0.2, 0.25) is 0 Å². The number of anilines is 1. The van der Waals surface area contributed by atoms with Crippen molar-refractivity contribution in [3.8, 4) is 5.69 Å². The van der Waals surface area contributed by atoms with Crippen molar-refractivity contribution in [3.63, 3.8) is 0 Å². The van der Waals surface area contributed by atoms with Crippen LogP contribution in [0, 0.1) is 0 Å². The van der Waals surface area contributed by atoms with E-state index in [4.69, 9.17) is 0 Å². The first-order valence-corrected chi connectivity index (χ1v) is 7.54. The first kappa shape index (κ1) is 15.6. The normalized spacial score (nSPS) is 10.2. The Bertz CT molecular complexity index is 853. The molecule has 0 aliphatic rings. The average molecular weight is 319 g/mol. The van der Waals surface area contributed by atoms with Gasteiger partial charge in [0.25, 0.3) is 11.8 Å². The molecule has 2 amide bonds. The molecule has 0 saturated heterocycles. The lowest BCUT2D eigenvalue weighted by atomic mass is 10.1. The zero-order valence-electron chi connectivity index (χ0n) is 13.2. The van der Waals surface area contributed by atoms with Crippen molar-refractivity contribution < 1.29 is 9.59 Å². The molecule has 0 unspecified atom stereocenters. The van der Waals surface area contributed by atoms with Gasteiger partial charge in [0.1, 0.15) is 0 Å². The molecule has 5 heteroatoms. The number of nitrogens with one attached hydrogen (secondary N) is 2. The van der Waals surface area contributed by atoms with E-state index in [1.165, 1.54) is 0 Å². The number of aromatic nitrogens is 1. The molecular formula is C19H17N3O2. The lowest BCUT2D eigenvalue weighted by molar-refractivity contribution is 0.0961. The van der Waals surface area contributed by atoms with Crippen LogP contribution in [-0.4, -0.2) is 23.4 Å². The number of benzene rings is 2. The lowest BCUT2D eigenvalue weighted by Crippen LogP contribution is -2.18. The number of nitrogens with zero attached hydrogens (tertiary/aromatic N) is 1. The number of carbonyl (C=O) groups is 2. The molecule has 0 fully saturated rings. The van der Waals surface area contributed by atoms with Crippen molar-refractivity contribution >= 4 is 17.5 Å². The molecule has 3 rings (SSSR count). The van der Waals surface area contributed by atoms with Gasteiger partial charge in [-0.1, -0.05) is 6.07 Å². The van der Waals surface area contributed by atoms with Gasteiger partial charge in [-0.3, -0.25) is 9.59 Å². The van der Waals surface area contributed by atoms with Crippen LogP contribution >= 0.6 is 0 Å². The molecule has 0 aliphatic heterocycles. The quantitative estimate of drug-likeness (QED) is 0.776. The summed E-state index contributed by atoms with van der Waals surface area (Å²) in [6.07, 6.45) is 3.89. The van der Waals surface area contributed by atoms with E-state index >= 15 is 0 Å². The molecule has 120 valence electrons. The summed E-state index contributed by atoms with van der Waals surface area (Å²) in [6.45, 7) is 0. The summed E-state index contributed by atoms with van der Waals surface area (Å²) in [4.78, 5) is 24.0. The van der Waals surface area contributed by atoms with Crippen LogP contribution in [0.2, 0.25) is 0 Å². The zero-order valence-corrected chi connectivity index (χ0v) is 13.2. The predicted octanol–water partition coefficient (Wildman–Crippen LogP) is 3.09. The van der Waals surface area contributed by atoms with Crippen molar-refractivity contribution in [3.05, 3.63) is 84.2 Å². The van der Waals surface area contributed by atoms with Crippen LogP contribution in [0.1, 0.15) is 20.7 Å². The second-order valence-corrected chi connectivity index (χ2v) is 5.25. The average Bonchev–Trinajstić information content (AvgIpc) is 3.16. The van der Waals surface area contributed by atoms with Crippen LogP contribution in [0.4, 0.5) is 5.69 Å². The Labute approximate surface area is 139 Å². The fraction of sp³-hybridized carbons (Fsp3) is 0.0526. The zero-order chi connectivity index (χ0) is 16.9. The largest absolute Gasteiger partial charge is 0.355 e.